The van der Waals surface area contributed by atoms with Gasteiger partial charge < -0.3 is 14.7 Å². The summed E-state index contributed by atoms with van der Waals surface area (Å²) in [5, 5.41) is 9.52. The molecule has 0 bridgehead atoms. The van der Waals surface area contributed by atoms with Crippen LogP contribution in [0.5, 0.6) is 11.5 Å². The van der Waals surface area contributed by atoms with Crippen molar-refractivity contribution in [3.05, 3.63) is 53.1 Å². The highest BCUT2D eigenvalue weighted by Gasteiger charge is 2.13. The number of anilines is 1. The molecule has 0 fully saturated rings. The van der Waals surface area contributed by atoms with E-state index in [2.05, 4.69) is 0 Å². The maximum Gasteiger partial charge on any atom is 0.339 e. The van der Waals surface area contributed by atoms with Crippen LogP contribution >= 0.6 is 11.6 Å². The van der Waals surface area contributed by atoms with Crippen molar-refractivity contribution in [2.45, 2.75) is 0 Å². The normalized spacial score (nSPS) is 10.2. The summed E-state index contributed by atoms with van der Waals surface area (Å²) in [5.74, 6) is -0.245. The van der Waals surface area contributed by atoms with Crippen LogP contribution in [-0.4, -0.2) is 25.2 Å². The van der Waals surface area contributed by atoms with E-state index in [1.54, 1.807) is 18.2 Å². The van der Waals surface area contributed by atoms with Gasteiger partial charge >= 0.3 is 5.97 Å². The van der Waals surface area contributed by atoms with E-state index in [4.69, 9.17) is 21.4 Å². The van der Waals surface area contributed by atoms with Crippen molar-refractivity contribution in [3.63, 3.8) is 0 Å². The molecule has 20 heavy (non-hydrogen) atoms. The third kappa shape index (κ3) is 3.22. The van der Waals surface area contributed by atoms with Crippen LogP contribution in [0.4, 0.5) is 5.69 Å². The molecule has 0 aliphatic carbocycles. The number of carboxylic acid groups (broad SMARTS) is 1. The SMILES string of the molecule is CN(C)c1cccc(Oc2ccc(Cl)cc2C(=O)O)c1. The first-order valence-corrected chi connectivity index (χ1v) is 6.33. The fraction of sp³-hybridized carbons (Fsp3) is 0.133. The van der Waals surface area contributed by atoms with E-state index in [0.717, 1.165) is 5.69 Å². The predicted octanol–water partition coefficient (Wildman–Crippen LogP) is 3.90. The Kier molecular flexibility index (Phi) is 4.15. The number of carbonyl (C=O) groups is 1. The first kappa shape index (κ1) is 14.2. The van der Waals surface area contributed by atoms with Crippen LogP contribution in [0.25, 0.3) is 0 Å². The number of carboxylic acids is 1. The Bertz CT molecular complexity index is 641. The second-order valence-electron chi connectivity index (χ2n) is 4.44. The lowest BCUT2D eigenvalue weighted by molar-refractivity contribution is 0.0694. The van der Waals surface area contributed by atoms with Crippen molar-refractivity contribution in [1.29, 1.82) is 0 Å². The van der Waals surface area contributed by atoms with Crippen LogP contribution in [0.1, 0.15) is 10.4 Å². The van der Waals surface area contributed by atoms with Crippen molar-refractivity contribution in [1.82, 2.24) is 0 Å². The van der Waals surface area contributed by atoms with Crippen molar-refractivity contribution >= 4 is 23.3 Å². The first-order valence-electron chi connectivity index (χ1n) is 5.95. The summed E-state index contributed by atoms with van der Waals surface area (Å²) in [6.45, 7) is 0. The summed E-state index contributed by atoms with van der Waals surface area (Å²) >= 11 is 5.81. The number of hydrogen-bond acceptors (Lipinski definition) is 3. The highest BCUT2D eigenvalue weighted by Crippen LogP contribution is 2.29. The monoisotopic (exact) mass is 291 g/mol. The Morgan fingerprint density at radius 1 is 1.20 bits per heavy atom. The number of benzene rings is 2. The van der Waals surface area contributed by atoms with Crippen molar-refractivity contribution in [2.24, 2.45) is 0 Å². The van der Waals surface area contributed by atoms with Gasteiger partial charge in [-0.15, -0.1) is 0 Å². The molecule has 0 heterocycles. The molecule has 1 N–H and O–H groups in total. The van der Waals surface area contributed by atoms with Gasteiger partial charge in [0.1, 0.15) is 17.1 Å². The summed E-state index contributed by atoms with van der Waals surface area (Å²) < 4.78 is 5.65. The average molecular weight is 292 g/mol. The van der Waals surface area contributed by atoms with Crippen molar-refractivity contribution in [2.75, 3.05) is 19.0 Å². The average Bonchev–Trinajstić information content (AvgIpc) is 2.41. The zero-order chi connectivity index (χ0) is 14.7. The van der Waals surface area contributed by atoms with E-state index < -0.39 is 5.97 Å². The van der Waals surface area contributed by atoms with Crippen LogP contribution in [0.15, 0.2) is 42.5 Å². The first-order chi connectivity index (χ1) is 9.47. The van der Waals surface area contributed by atoms with Crippen molar-refractivity contribution < 1.29 is 14.6 Å². The number of rotatable bonds is 4. The van der Waals surface area contributed by atoms with Gasteiger partial charge in [-0.25, -0.2) is 4.79 Å². The maximum atomic E-state index is 11.2. The number of ether oxygens (including phenoxy) is 1. The van der Waals surface area contributed by atoms with Gasteiger partial charge in [-0.1, -0.05) is 17.7 Å². The van der Waals surface area contributed by atoms with Gasteiger partial charge in [0.25, 0.3) is 0 Å². The quantitative estimate of drug-likeness (QED) is 0.928. The lowest BCUT2D eigenvalue weighted by Gasteiger charge is -2.14. The molecule has 0 aliphatic rings. The Balaban J connectivity index is 2.35. The fourth-order valence-electron chi connectivity index (χ4n) is 1.71. The molecule has 104 valence electrons. The van der Waals surface area contributed by atoms with Crippen LogP contribution in [0, 0.1) is 0 Å². The second kappa shape index (κ2) is 5.84. The largest absolute Gasteiger partial charge is 0.478 e. The third-order valence-corrected chi connectivity index (χ3v) is 2.97. The summed E-state index contributed by atoms with van der Waals surface area (Å²) in [4.78, 5) is 13.1. The van der Waals surface area contributed by atoms with Crippen LogP contribution < -0.4 is 9.64 Å². The van der Waals surface area contributed by atoms with Crippen LogP contribution in [-0.2, 0) is 0 Å². The van der Waals surface area contributed by atoms with E-state index in [1.165, 1.54) is 6.07 Å². The van der Waals surface area contributed by atoms with E-state index in [1.807, 2.05) is 37.2 Å². The topological polar surface area (TPSA) is 49.8 Å². The molecule has 0 amide bonds. The van der Waals surface area contributed by atoms with Crippen LogP contribution in [0.2, 0.25) is 5.02 Å². The lowest BCUT2D eigenvalue weighted by Crippen LogP contribution is -2.08. The van der Waals surface area contributed by atoms with Crippen LogP contribution in [0.3, 0.4) is 0 Å². The van der Waals surface area contributed by atoms with Gasteiger partial charge in [0.2, 0.25) is 0 Å². The molecule has 2 aromatic rings. The smallest absolute Gasteiger partial charge is 0.339 e. The van der Waals surface area contributed by atoms with E-state index >= 15 is 0 Å². The lowest BCUT2D eigenvalue weighted by atomic mass is 10.2. The Morgan fingerprint density at radius 3 is 2.60 bits per heavy atom. The summed E-state index contributed by atoms with van der Waals surface area (Å²) in [5.41, 5.74) is 1.00. The molecule has 0 aliphatic heterocycles. The molecule has 0 aromatic heterocycles. The molecule has 2 rings (SSSR count). The molecule has 5 heteroatoms. The molecular weight excluding hydrogens is 278 g/mol. The Labute approximate surface area is 122 Å². The van der Waals surface area contributed by atoms with Gasteiger partial charge in [-0.05, 0) is 30.3 Å². The molecule has 0 radical (unpaired) electrons. The molecule has 0 unspecified atom stereocenters. The van der Waals surface area contributed by atoms with E-state index in [-0.39, 0.29) is 11.3 Å². The highest BCUT2D eigenvalue weighted by molar-refractivity contribution is 6.31. The molecule has 0 spiro atoms. The summed E-state index contributed by atoms with van der Waals surface area (Å²) in [7, 11) is 3.84. The Hall–Kier alpha value is -2.20. The van der Waals surface area contributed by atoms with E-state index in [9.17, 15) is 4.79 Å². The van der Waals surface area contributed by atoms with Crippen molar-refractivity contribution in [3.8, 4) is 11.5 Å². The second-order valence-corrected chi connectivity index (χ2v) is 4.88. The predicted molar refractivity (Wildman–Crippen MR) is 79.3 cm³/mol. The molecule has 0 atom stereocenters. The zero-order valence-corrected chi connectivity index (χ0v) is 11.9. The molecule has 4 nitrogen and oxygen atoms in total. The standard InChI is InChI=1S/C15H14ClNO3/c1-17(2)11-4-3-5-12(9-11)20-14-7-6-10(16)8-13(14)15(18)19/h3-9H,1-2H3,(H,18,19). The molecule has 0 saturated carbocycles. The van der Waals surface area contributed by atoms with Gasteiger partial charge in [0, 0.05) is 30.9 Å². The van der Waals surface area contributed by atoms with Gasteiger partial charge in [0.15, 0.2) is 0 Å². The summed E-state index contributed by atoms with van der Waals surface area (Å²) in [6, 6.07) is 11.9. The Morgan fingerprint density at radius 2 is 1.95 bits per heavy atom. The molecular formula is C15H14ClNO3. The number of aromatic carboxylic acids is 1. The maximum absolute atomic E-state index is 11.2. The van der Waals surface area contributed by atoms with E-state index in [0.29, 0.717) is 10.8 Å². The zero-order valence-electron chi connectivity index (χ0n) is 11.1. The fourth-order valence-corrected chi connectivity index (χ4v) is 1.88. The highest BCUT2D eigenvalue weighted by atomic mass is 35.5. The van der Waals surface area contributed by atoms with Gasteiger partial charge in [0.05, 0.1) is 0 Å². The minimum absolute atomic E-state index is 0.0350. The number of nitrogens with zero attached hydrogens (tertiary/aromatic N) is 1. The minimum atomic E-state index is -1.08. The molecule has 2 aromatic carbocycles. The number of hydrogen-bond donors (Lipinski definition) is 1. The summed E-state index contributed by atoms with van der Waals surface area (Å²) in [6.07, 6.45) is 0. The van der Waals surface area contributed by atoms with Gasteiger partial charge in [-0.2, -0.15) is 0 Å². The minimum Gasteiger partial charge on any atom is -0.478 e. The van der Waals surface area contributed by atoms with Gasteiger partial charge in [-0.3, -0.25) is 0 Å². The molecule has 0 saturated heterocycles. The number of halogens is 1. The third-order valence-electron chi connectivity index (χ3n) is 2.73.